The normalized spacial score (nSPS) is 15.7. The van der Waals surface area contributed by atoms with Gasteiger partial charge >= 0.3 is 0 Å². The van der Waals surface area contributed by atoms with Gasteiger partial charge < -0.3 is 10.1 Å². The molecule has 178 valence electrons. The fraction of sp³-hybridized carbons (Fsp3) is 0.345. The molecule has 2 saturated carbocycles. The summed E-state index contributed by atoms with van der Waals surface area (Å²) >= 11 is 0. The molecule has 0 bridgehead atoms. The van der Waals surface area contributed by atoms with Crippen LogP contribution in [0.3, 0.4) is 0 Å². The highest BCUT2D eigenvalue weighted by Crippen LogP contribution is 2.35. The molecular weight excluding hydrogens is 436 g/mol. The highest BCUT2D eigenvalue weighted by Gasteiger charge is 2.26. The number of fused-ring (bicyclic) bond motifs is 1. The summed E-state index contributed by atoms with van der Waals surface area (Å²) in [6.45, 7) is 2.93. The Morgan fingerprint density at radius 2 is 1.89 bits per heavy atom. The van der Waals surface area contributed by atoms with E-state index in [4.69, 9.17) is 14.8 Å². The van der Waals surface area contributed by atoms with Crippen molar-refractivity contribution in [1.82, 2.24) is 14.6 Å². The van der Waals surface area contributed by atoms with Crippen molar-refractivity contribution in [2.45, 2.75) is 45.4 Å². The van der Waals surface area contributed by atoms with E-state index in [9.17, 15) is 4.79 Å². The Morgan fingerprint density at radius 1 is 1.06 bits per heavy atom. The van der Waals surface area contributed by atoms with Crippen LogP contribution in [-0.4, -0.2) is 26.9 Å². The first-order chi connectivity index (χ1) is 17.1. The Bertz CT molecular complexity index is 1370. The summed E-state index contributed by atoms with van der Waals surface area (Å²) in [5.41, 5.74) is 5.34. The fourth-order valence-electron chi connectivity index (χ4n) is 4.71. The average Bonchev–Trinajstić information content (AvgIpc) is 3.54. The molecule has 2 heterocycles. The van der Waals surface area contributed by atoms with E-state index in [1.54, 1.807) is 0 Å². The summed E-state index contributed by atoms with van der Waals surface area (Å²) < 4.78 is 7.96. The summed E-state index contributed by atoms with van der Waals surface area (Å²) in [5, 5.41) is 8.38. The number of anilines is 1. The van der Waals surface area contributed by atoms with Crippen molar-refractivity contribution < 1.29 is 9.53 Å². The molecule has 35 heavy (non-hydrogen) atoms. The summed E-state index contributed by atoms with van der Waals surface area (Å²) in [5.74, 6) is 2.78. The van der Waals surface area contributed by atoms with Gasteiger partial charge in [-0.15, -0.1) is 5.10 Å². The lowest BCUT2D eigenvalue weighted by Crippen LogP contribution is -2.21. The number of Topliss-reactive ketones (excluding diaryl/α,β-unsaturated/α-hetero) is 1. The number of carbonyl (C=O) groups excluding carboxylic acids is 1. The number of nitrogens with zero attached hydrogens (tertiary/aromatic N) is 3. The molecule has 0 unspecified atom stereocenters. The predicted molar refractivity (Wildman–Crippen MR) is 137 cm³/mol. The zero-order valence-electron chi connectivity index (χ0n) is 20.0. The van der Waals surface area contributed by atoms with Crippen LogP contribution >= 0.6 is 0 Å². The first kappa shape index (κ1) is 21.8. The molecular formula is C29H30N4O2. The highest BCUT2D eigenvalue weighted by molar-refractivity contribution is 5.98. The van der Waals surface area contributed by atoms with Gasteiger partial charge in [-0.1, -0.05) is 36.8 Å². The van der Waals surface area contributed by atoms with E-state index in [0.29, 0.717) is 24.1 Å². The number of aryl methyl sites for hydroxylation is 1. The van der Waals surface area contributed by atoms with Crippen LogP contribution in [0.15, 0.2) is 60.8 Å². The lowest BCUT2D eigenvalue weighted by atomic mass is 9.85. The minimum atomic E-state index is 0.244. The monoisotopic (exact) mass is 466 g/mol. The lowest BCUT2D eigenvalue weighted by molar-refractivity contribution is 0.0975. The van der Waals surface area contributed by atoms with Crippen LogP contribution in [0, 0.1) is 18.8 Å². The van der Waals surface area contributed by atoms with Crippen molar-refractivity contribution in [3.63, 3.8) is 0 Å². The van der Waals surface area contributed by atoms with E-state index in [-0.39, 0.29) is 5.78 Å². The van der Waals surface area contributed by atoms with Gasteiger partial charge in [-0.25, -0.2) is 9.50 Å². The summed E-state index contributed by atoms with van der Waals surface area (Å²) in [4.78, 5) is 17.4. The Hall–Kier alpha value is -3.67. The molecule has 2 aromatic heterocycles. The van der Waals surface area contributed by atoms with Gasteiger partial charge in [0.05, 0.1) is 17.6 Å². The largest absolute Gasteiger partial charge is 0.438 e. The van der Waals surface area contributed by atoms with Gasteiger partial charge in [-0.05, 0) is 68.2 Å². The van der Waals surface area contributed by atoms with Crippen LogP contribution in [0.1, 0.15) is 54.4 Å². The van der Waals surface area contributed by atoms with Gasteiger partial charge in [0.1, 0.15) is 5.75 Å². The molecule has 4 aromatic rings. The second kappa shape index (κ2) is 9.17. The van der Waals surface area contributed by atoms with Crippen molar-refractivity contribution in [2.75, 3.05) is 11.9 Å². The predicted octanol–water partition coefficient (Wildman–Crippen LogP) is 6.69. The number of hydrogen-bond donors (Lipinski definition) is 1. The molecule has 0 radical (unpaired) electrons. The van der Waals surface area contributed by atoms with Crippen LogP contribution in [0.4, 0.5) is 5.69 Å². The zero-order valence-corrected chi connectivity index (χ0v) is 20.0. The zero-order chi connectivity index (χ0) is 23.8. The average molecular weight is 467 g/mol. The first-order valence-corrected chi connectivity index (χ1v) is 12.6. The second-order valence-corrected chi connectivity index (χ2v) is 9.97. The molecule has 0 aliphatic heterocycles. The van der Waals surface area contributed by atoms with Gasteiger partial charge in [0.25, 0.3) is 0 Å². The number of ketones is 1. The minimum Gasteiger partial charge on any atom is -0.438 e. The fourth-order valence-corrected chi connectivity index (χ4v) is 4.71. The maximum atomic E-state index is 12.7. The van der Waals surface area contributed by atoms with Crippen LogP contribution in [0.2, 0.25) is 0 Å². The van der Waals surface area contributed by atoms with Crippen molar-refractivity contribution in [2.24, 2.45) is 11.8 Å². The van der Waals surface area contributed by atoms with Gasteiger partial charge in [0.2, 0.25) is 5.88 Å². The first-order valence-electron chi connectivity index (χ1n) is 12.6. The van der Waals surface area contributed by atoms with Crippen LogP contribution < -0.4 is 10.1 Å². The number of carbonyl (C=O) groups is 1. The Morgan fingerprint density at radius 3 is 2.60 bits per heavy atom. The van der Waals surface area contributed by atoms with Crippen LogP contribution in [-0.2, 0) is 0 Å². The number of rotatable bonds is 9. The number of imidazole rings is 1. The summed E-state index contributed by atoms with van der Waals surface area (Å²) in [6.07, 6.45) is 8.73. The smallest absolute Gasteiger partial charge is 0.239 e. The molecule has 0 saturated heterocycles. The Balaban J connectivity index is 1.36. The molecule has 2 aromatic carbocycles. The van der Waals surface area contributed by atoms with Crippen molar-refractivity contribution in [1.29, 1.82) is 0 Å². The third-order valence-electron chi connectivity index (χ3n) is 7.21. The quantitative estimate of drug-likeness (QED) is 0.278. The van der Waals surface area contributed by atoms with Crippen molar-refractivity contribution >= 4 is 17.1 Å². The molecule has 6 rings (SSSR count). The van der Waals surface area contributed by atoms with Gasteiger partial charge in [-0.3, -0.25) is 4.79 Å². The maximum Gasteiger partial charge on any atom is 0.239 e. The van der Waals surface area contributed by atoms with Gasteiger partial charge in [0, 0.05) is 30.2 Å². The molecule has 6 nitrogen and oxygen atoms in total. The highest BCUT2D eigenvalue weighted by atomic mass is 16.5. The molecule has 0 spiro atoms. The maximum absolute atomic E-state index is 12.7. The second-order valence-electron chi connectivity index (χ2n) is 9.97. The Kier molecular flexibility index (Phi) is 5.72. The number of ether oxygens (including phenoxy) is 1. The van der Waals surface area contributed by atoms with E-state index in [1.807, 2.05) is 66.2 Å². The molecule has 2 aliphatic rings. The van der Waals surface area contributed by atoms with Gasteiger partial charge in [0.15, 0.2) is 11.4 Å². The minimum absolute atomic E-state index is 0.244. The van der Waals surface area contributed by atoms with Crippen LogP contribution in [0.25, 0.3) is 16.9 Å². The number of nitrogens with one attached hydrogen (secondary N) is 1. The van der Waals surface area contributed by atoms with Crippen molar-refractivity contribution in [3.8, 4) is 22.9 Å². The molecule has 0 atom stereocenters. The summed E-state index contributed by atoms with van der Waals surface area (Å²) in [6, 6.07) is 17.7. The van der Waals surface area contributed by atoms with Crippen LogP contribution in [0.5, 0.6) is 11.6 Å². The van der Waals surface area contributed by atoms with E-state index in [2.05, 4.69) is 11.4 Å². The number of hydrogen-bond acceptors (Lipinski definition) is 5. The van der Waals surface area contributed by atoms with E-state index >= 15 is 0 Å². The summed E-state index contributed by atoms with van der Waals surface area (Å²) in [7, 11) is 0. The topological polar surface area (TPSA) is 68.5 Å². The van der Waals surface area contributed by atoms with Crippen molar-refractivity contribution in [3.05, 3.63) is 71.9 Å². The van der Waals surface area contributed by atoms with E-state index in [0.717, 1.165) is 46.0 Å². The van der Waals surface area contributed by atoms with E-state index < -0.39 is 0 Å². The molecule has 1 N–H and O–H groups in total. The molecule has 6 heteroatoms. The number of para-hydroxylation sites is 1. The standard InChI is InChI=1S/C29H30N4O2/c1-19-14-22(12-13-24(19)27(34)15-20-10-11-20)26-18-31-29-25(30-17-21-6-5-7-21)16-28(32-33(26)29)35-23-8-3-2-4-9-23/h2-4,8-9,12-14,16,18,20-21,30H,5-7,10-11,15,17H2,1H3. The Labute approximate surface area is 205 Å². The number of benzene rings is 2. The molecule has 0 amide bonds. The number of aromatic nitrogens is 3. The third-order valence-corrected chi connectivity index (χ3v) is 7.21. The third kappa shape index (κ3) is 4.65. The van der Waals surface area contributed by atoms with Gasteiger partial charge in [-0.2, -0.15) is 0 Å². The molecule has 2 aliphatic carbocycles. The lowest BCUT2D eigenvalue weighted by Gasteiger charge is -2.26. The molecule has 2 fully saturated rings. The van der Waals surface area contributed by atoms with E-state index in [1.165, 1.54) is 32.1 Å². The SMILES string of the molecule is Cc1cc(-c2cnc3c(NCC4CCC4)cc(Oc4ccccc4)nn23)ccc1C(=O)CC1CC1.